The molecule has 9 rings (SSSR count). The van der Waals surface area contributed by atoms with Crippen molar-refractivity contribution < 1.29 is 4.74 Å². The summed E-state index contributed by atoms with van der Waals surface area (Å²) in [5.41, 5.74) is 13.1. The zero-order valence-electron chi connectivity index (χ0n) is 38.3. The van der Waals surface area contributed by atoms with E-state index >= 15 is 0 Å². The number of ether oxygens (including phenoxy) is 1. The number of hydrogen-bond donors (Lipinski definition) is 0. The number of benzene rings is 6. The van der Waals surface area contributed by atoms with Crippen LogP contribution in [-0.4, -0.2) is 16.2 Å². The minimum atomic E-state index is -0.177. The van der Waals surface area contributed by atoms with Crippen molar-refractivity contribution in [2.75, 3.05) is 16.5 Å². The average molecular weight is 817 g/mol. The van der Waals surface area contributed by atoms with Crippen molar-refractivity contribution in [2.24, 2.45) is 0 Å². The second kappa shape index (κ2) is 14.9. The molecule has 0 saturated heterocycles. The van der Waals surface area contributed by atoms with E-state index in [1.807, 2.05) is 6.20 Å². The van der Waals surface area contributed by atoms with Crippen LogP contribution in [0.3, 0.4) is 0 Å². The van der Waals surface area contributed by atoms with Crippen LogP contribution in [0.4, 0.5) is 22.7 Å². The molecule has 0 N–H and O–H groups in total. The standard InChI is InChI=1S/C57H60N4O/c1-54(2,3)39-19-15-20-43(31-39)60-37-59(50-28-24-42(33-52(50)60)57(10,11)38-17-13-12-14-18-38)44-21-16-22-45(35-44)62-46-25-26-47-48-32-40(55(4,5)6)23-27-49(48)61(51(47)36-46)53-34-41(29-30-58-53)56(7,8)9/h12-36H,37H2,1-11H3. The molecule has 0 bridgehead atoms. The van der Waals surface area contributed by atoms with Crippen LogP contribution in [-0.2, 0) is 21.7 Å². The van der Waals surface area contributed by atoms with Crippen LogP contribution in [0, 0.1) is 0 Å². The van der Waals surface area contributed by atoms with E-state index in [0.29, 0.717) is 6.67 Å². The summed E-state index contributed by atoms with van der Waals surface area (Å²) in [5, 5.41) is 2.39. The number of anilines is 4. The Labute approximate surface area is 368 Å². The van der Waals surface area contributed by atoms with Crippen LogP contribution >= 0.6 is 0 Å². The Hall–Kier alpha value is -6.33. The first kappa shape index (κ1) is 41.0. The van der Waals surface area contributed by atoms with Gasteiger partial charge in [-0.25, -0.2) is 4.98 Å². The first-order valence-electron chi connectivity index (χ1n) is 22.1. The molecule has 6 aromatic carbocycles. The summed E-state index contributed by atoms with van der Waals surface area (Å²) in [6.45, 7) is 25.7. The number of nitrogens with zero attached hydrogens (tertiary/aromatic N) is 4. The number of rotatable bonds is 7. The molecule has 0 spiro atoms. The molecule has 0 atom stereocenters. The second-order valence-electron chi connectivity index (χ2n) is 20.7. The minimum Gasteiger partial charge on any atom is -0.457 e. The minimum absolute atomic E-state index is 0.0144. The highest BCUT2D eigenvalue weighted by molar-refractivity contribution is 6.09. The fraction of sp³-hybridized carbons (Fsp3) is 0.281. The fourth-order valence-corrected chi connectivity index (χ4v) is 8.89. The fourth-order valence-electron chi connectivity index (χ4n) is 8.89. The number of fused-ring (bicyclic) bond motifs is 4. The van der Waals surface area contributed by atoms with Crippen molar-refractivity contribution >= 4 is 44.6 Å². The van der Waals surface area contributed by atoms with Gasteiger partial charge in [-0.05, 0) is 117 Å². The normalized spacial score (nSPS) is 13.6. The van der Waals surface area contributed by atoms with Gasteiger partial charge < -0.3 is 14.5 Å². The predicted molar refractivity (Wildman–Crippen MR) is 262 cm³/mol. The first-order chi connectivity index (χ1) is 29.4. The van der Waals surface area contributed by atoms with Gasteiger partial charge in [0.2, 0.25) is 0 Å². The Balaban J connectivity index is 1.11. The molecule has 1 aliphatic rings. The maximum Gasteiger partial charge on any atom is 0.137 e. The predicted octanol–water partition coefficient (Wildman–Crippen LogP) is 15.4. The van der Waals surface area contributed by atoms with Crippen LogP contribution < -0.4 is 14.5 Å². The molecule has 5 nitrogen and oxygen atoms in total. The summed E-state index contributed by atoms with van der Waals surface area (Å²) < 4.78 is 9.12. The molecule has 0 amide bonds. The van der Waals surface area contributed by atoms with E-state index in [4.69, 9.17) is 9.72 Å². The first-order valence-corrected chi connectivity index (χ1v) is 22.1. The Morgan fingerprint density at radius 1 is 0.435 bits per heavy atom. The Kier molecular flexibility index (Phi) is 9.89. The van der Waals surface area contributed by atoms with Crippen molar-refractivity contribution in [3.8, 4) is 17.3 Å². The summed E-state index contributed by atoms with van der Waals surface area (Å²) in [6, 6.07) is 53.1. The topological polar surface area (TPSA) is 33.5 Å². The molecule has 1 aliphatic heterocycles. The van der Waals surface area contributed by atoms with E-state index in [-0.39, 0.29) is 21.7 Å². The second-order valence-corrected chi connectivity index (χ2v) is 20.7. The van der Waals surface area contributed by atoms with Crippen LogP contribution in [0.15, 0.2) is 152 Å². The summed E-state index contributed by atoms with van der Waals surface area (Å²) in [6.07, 6.45) is 1.94. The number of hydrogen-bond acceptors (Lipinski definition) is 4. The van der Waals surface area contributed by atoms with Crippen LogP contribution in [0.25, 0.3) is 27.6 Å². The molecule has 3 heterocycles. The molecule has 0 fully saturated rings. The Morgan fingerprint density at radius 2 is 1.05 bits per heavy atom. The number of aromatic nitrogens is 2. The van der Waals surface area contributed by atoms with Gasteiger partial charge in [0, 0.05) is 45.9 Å². The smallest absolute Gasteiger partial charge is 0.137 e. The maximum atomic E-state index is 6.82. The molecule has 314 valence electrons. The van der Waals surface area contributed by atoms with Crippen molar-refractivity contribution in [1.82, 2.24) is 9.55 Å². The van der Waals surface area contributed by atoms with E-state index < -0.39 is 0 Å². The third-order valence-electron chi connectivity index (χ3n) is 12.9. The SMILES string of the molecule is CC(C)(C)c1cccc(N2CN(c3cccc(Oc4ccc5c6cc(C(C)(C)C)ccc6n(-c6cc(C(C)(C)C)ccn6)c5c4)c3)c3ccc(C(C)(C)c4ccccc4)cc32)c1. The van der Waals surface area contributed by atoms with Crippen molar-refractivity contribution in [3.63, 3.8) is 0 Å². The van der Waals surface area contributed by atoms with Crippen LogP contribution in [0.1, 0.15) is 104 Å². The zero-order chi connectivity index (χ0) is 43.8. The van der Waals surface area contributed by atoms with E-state index in [1.165, 1.54) is 55.7 Å². The van der Waals surface area contributed by atoms with Gasteiger partial charge in [0.15, 0.2) is 0 Å². The lowest BCUT2D eigenvalue weighted by Gasteiger charge is -2.28. The van der Waals surface area contributed by atoms with Gasteiger partial charge in [-0.15, -0.1) is 0 Å². The summed E-state index contributed by atoms with van der Waals surface area (Å²) in [7, 11) is 0. The number of pyridine rings is 1. The summed E-state index contributed by atoms with van der Waals surface area (Å²) in [4.78, 5) is 9.82. The monoisotopic (exact) mass is 816 g/mol. The largest absolute Gasteiger partial charge is 0.457 e. The highest BCUT2D eigenvalue weighted by atomic mass is 16.5. The lowest BCUT2D eigenvalue weighted by atomic mass is 9.78. The van der Waals surface area contributed by atoms with Crippen LogP contribution in [0.5, 0.6) is 11.5 Å². The van der Waals surface area contributed by atoms with Crippen molar-refractivity contribution in [1.29, 1.82) is 0 Å². The lowest BCUT2D eigenvalue weighted by Crippen LogP contribution is -2.24. The van der Waals surface area contributed by atoms with E-state index in [0.717, 1.165) is 34.0 Å². The Bertz CT molecular complexity index is 2950. The molecule has 0 aliphatic carbocycles. The van der Waals surface area contributed by atoms with Crippen molar-refractivity contribution in [3.05, 3.63) is 180 Å². The molecule has 8 aromatic rings. The molecular formula is C57H60N4O. The molecular weight excluding hydrogens is 757 g/mol. The van der Waals surface area contributed by atoms with Gasteiger partial charge in [-0.2, -0.15) is 0 Å². The van der Waals surface area contributed by atoms with Gasteiger partial charge in [-0.3, -0.25) is 4.57 Å². The van der Waals surface area contributed by atoms with Gasteiger partial charge in [-0.1, -0.05) is 137 Å². The van der Waals surface area contributed by atoms with Gasteiger partial charge in [0.05, 0.1) is 22.4 Å². The van der Waals surface area contributed by atoms with Crippen LogP contribution in [0.2, 0.25) is 0 Å². The zero-order valence-corrected chi connectivity index (χ0v) is 38.3. The lowest BCUT2D eigenvalue weighted by molar-refractivity contribution is 0.483. The molecule has 5 heteroatoms. The average Bonchev–Trinajstić information content (AvgIpc) is 3.78. The molecule has 0 saturated carbocycles. The highest BCUT2D eigenvalue weighted by Gasteiger charge is 2.32. The molecule has 62 heavy (non-hydrogen) atoms. The van der Waals surface area contributed by atoms with E-state index in [9.17, 15) is 0 Å². The van der Waals surface area contributed by atoms with E-state index in [2.05, 4.69) is 236 Å². The molecule has 2 aromatic heterocycles. The Morgan fingerprint density at radius 3 is 1.77 bits per heavy atom. The quantitative estimate of drug-likeness (QED) is 0.160. The van der Waals surface area contributed by atoms with Gasteiger partial charge >= 0.3 is 0 Å². The molecule has 0 radical (unpaired) electrons. The van der Waals surface area contributed by atoms with Gasteiger partial charge in [0.1, 0.15) is 24.0 Å². The molecule has 0 unspecified atom stereocenters. The summed E-state index contributed by atoms with van der Waals surface area (Å²) in [5.74, 6) is 2.46. The van der Waals surface area contributed by atoms with E-state index in [1.54, 1.807) is 0 Å². The third kappa shape index (κ3) is 7.52. The third-order valence-corrected chi connectivity index (χ3v) is 12.9. The van der Waals surface area contributed by atoms with Crippen molar-refractivity contribution in [2.45, 2.75) is 97.8 Å². The summed E-state index contributed by atoms with van der Waals surface area (Å²) >= 11 is 0. The highest BCUT2D eigenvalue weighted by Crippen LogP contribution is 2.48. The van der Waals surface area contributed by atoms with Gasteiger partial charge in [0.25, 0.3) is 0 Å². The maximum absolute atomic E-state index is 6.82.